The van der Waals surface area contributed by atoms with Crippen LogP contribution in [0, 0.1) is 13.3 Å². The normalized spacial score (nSPS) is 10.5. The number of Topliss-reactive ketones (excluding diaryl/α,β-unsaturated/α-hetero) is 1. The summed E-state index contributed by atoms with van der Waals surface area (Å²) in [6, 6.07) is 0. The minimum absolute atomic E-state index is 0.128. The standard InChI is InChI=1S/C8H12O3/c1-4-7(10)5-8(2,3)11-6-9/h4,6H,1,5H2,2-3H3. The minimum atomic E-state index is -0.715. The Labute approximate surface area is 66.7 Å². The molecule has 0 fully saturated rings. The molecule has 0 saturated carbocycles. The quantitative estimate of drug-likeness (QED) is 0.439. The van der Waals surface area contributed by atoms with E-state index in [9.17, 15) is 9.59 Å². The molecule has 0 heterocycles. The molecule has 0 aromatic rings. The van der Waals surface area contributed by atoms with Crippen LogP contribution in [0.15, 0.2) is 0 Å². The first-order valence-corrected chi connectivity index (χ1v) is 3.28. The summed E-state index contributed by atoms with van der Waals surface area (Å²) in [5, 5.41) is 0. The first-order valence-electron chi connectivity index (χ1n) is 3.28. The van der Waals surface area contributed by atoms with E-state index in [1.165, 1.54) is 6.42 Å². The summed E-state index contributed by atoms with van der Waals surface area (Å²) in [4.78, 5) is 20.7. The van der Waals surface area contributed by atoms with Crippen molar-refractivity contribution in [2.24, 2.45) is 0 Å². The van der Waals surface area contributed by atoms with Crippen LogP contribution in [-0.2, 0) is 14.3 Å². The van der Waals surface area contributed by atoms with Crippen LogP contribution in [0.25, 0.3) is 0 Å². The molecule has 0 aliphatic heterocycles. The third-order valence-corrected chi connectivity index (χ3v) is 1.19. The van der Waals surface area contributed by atoms with Gasteiger partial charge in [0.1, 0.15) is 5.60 Å². The highest BCUT2D eigenvalue weighted by Gasteiger charge is 2.24. The number of carbonyl (C=O) groups excluding carboxylic acids is 2. The summed E-state index contributed by atoms with van der Waals surface area (Å²) >= 11 is 0. The van der Waals surface area contributed by atoms with Crippen LogP contribution in [0.2, 0.25) is 0 Å². The zero-order chi connectivity index (χ0) is 8.91. The van der Waals surface area contributed by atoms with E-state index in [0.29, 0.717) is 6.47 Å². The fourth-order valence-corrected chi connectivity index (χ4v) is 0.664. The van der Waals surface area contributed by atoms with Gasteiger partial charge in [-0.1, -0.05) is 0 Å². The zero-order valence-electron chi connectivity index (χ0n) is 6.79. The van der Waals surface area contributed by atoms with Gasteiger partial charge in [0.2, 0.25) is 0 Å². The molecule has 0 rings (SSSR count). The Balaban J connectivity index is 3.89. The second-order valence-electron chi connectivity index (χ2n) is 2.82. The third-order valence-electron chi connectivity index (χ3n) is 1.19. The lowest BCUT2D eigenvalue weighted by molar-refractivity contribution is -0.142. The first-order chi connectivity index (χ1) is 5.02. The van der Waals surface area contributed by atoms with Gasteiger partial charge in [-0.3, -0.25) is 4.79 Å². The molecular weight excluding hydrogens is 144 g/mol. The number of ether oxygens (including phenoxy) is 1. The Hall–Kier alpha value is -0.990. The van der Waals surface area contributed by atoms with Crippen LogP contribution in [0.4, 0.5) is 0 Å². The van der Waals surface area contributed by atoms with Crippen LogP contribution < -0.4 is 0 Å². The van der Waals surface area contributed by atoms with Gasteiger partial charge >= 0.3 is 0 Å². The summed E-state index contributed by atoms with van der Waals surface area (Å²) in [7, 11) is 0. The summed E-state index contributed by atoms with van der Waals surface area (Å²) in [5.74, 6) is -0.128. The average molecular weight is 156 g/mol. The van der Waals surface area contributed by atoms with Gasteiger partial charge in [0.25, 0.3) is 12.3 Å². The third kappa shape index (κ3) is 4.42. The number of hydrogen-bond donors (Lipinski definition) is 0. The SMILES string of the molecule is [CH2-][CH+]C(=O)CC(C)(C)OC=O. The monoisotopic (exact) mass is 156 g/mol. The molecule has 0 bridgehead atoms. The molecule has 3 nitrogen and oxygen atoms in total. The second-order valence-corrected chi connectivity index (χ2v) is 2.82. The Kier molecular flexibility index (Phi) is 3.65. The van der Waals surface area contributed by atoms with Crippen molar-refractivity contribution in [2.45, 2.75) is 25.9 Å². The molecule has 0 aromatic heterocycles. The van der Waals surface area contributed by atoms with Gasteiger partial charge in [-0.25, -0.2) is 4.79 Å². The lowest BCUT2D eigenvalue weighted by atomic mass is 10.0. The minimum Gasteiger partial charge on any atom is -0.461 e. The summed E-state index contributed by atoms with van der Waals surface area (Å²) in [5.41, 5.74) is -0.715. The maximum atomic E-state index is 10.8. The summed E-state index contributed by atoms with van der Waals surface area (Å²) in [6.07, 6.45) is 1.39. The van der Waals surface area contributed by atoms with Crippen LogP contribution in [-0.4, -0.2) is 17.9 Å². The van der Waals surface area contributed by atoms with Crippen molar-refractivity contribution in [3.63, 3.8) is 0 Å². The van der Waals surface area contributed by atoms with Gasteiger partial charge < -0.3 is 4.74 Å². The van der Waals surface area contributed by atoms with E-state index in [1.54, 1.807) is 13.8 Å². The predicted octanol–water partition coefficient (Wildman–Crippen LogP) is 0.936. The molecule has 0 spiro atoms. The van der Waals surface area contributed by atoms with Crippen molar-refractivity contribution in [1.82, 2.24) is 0 Å². The van der Waals surface area contributed by atoms with Gasteiger partial charge in [-0.2, -0.15) is 0 Å². The lowest BCUT2D eigenvalue weighted by Crippen LogP contribution is -2.27. The zero-order valence-corrected chi connectivity index (χ0v) is 6.79. The molecule has 0 aliphatic rings. The van der Waals surface area contributed by atoms with Crippen molar-refractivity contribution in [1.29, 1.82) is 0 Å². The topological polar surface area (TPSA) is 43.4 Å². The van der Waals surface area contributed by atoms with E-state index in [4.69, 9.17) is 0 Å². The molecule has 3 heteroatoms. The molecule has 62 valence electrons. The number of ketones is 1. The summed E-state index contributed by atoms with van der Waals surface area (Å²) in [6.45, 7) is 6.99. The maximum absolute atomic E-state index is 10.8. The lowest BCUT2D eigenvalue weighted by Gasteiger charge is -2.19. The van der Waals surface area contributed by atoms with E-state index in [1.807, 2.05) is 0 Å². The molecule has 11 heavy (non-hydrogen) atoms. The van der Waals surface area contributed by atoms with Gasteiger partial charge in [-0.15, -0.1) is 6.92 Å². The summed E-state index contributed by atoms with van der Waals surface area (Å²) < 4.78 is 4.65. The van der Waals surface area contributed by atoms with Gasteiger partial charge in [-0.05, 0) is 20.3 Å². The van der Waals surface area contributed by atoms with E-state index in [-0.39, 0.29) is 12.2 Å². The Morgan fingerprint density at radius 3 is 2.64 bits per heavy atom. The maximum Gasteiger partial charge on any atom is 0.293 e. The van der Waals surface area contributed by atoms with Crippen LogP contribution in [0.5, 0.6) is 0 Å². The average Bonchev–Trinajstić information content (AvgIpc) is 1.86. The van der Waals surface area contributed by atoms with E-state index in [2.05, 4.69) is 11.7 Å². The van der Waals surface area contributed by atoms with E-state index in [0.717, 1.165) is 0 Å². The van der Waals surface area contributed by atoms with Gasteiger partial charge in [0.15, 0.2) is 0 Å². The van der Waals surface area contributed by atoms with E-state index >= 15 is 0 Å². The van der Waals surface area contributed by atoms with Gasteiger partial charge in [0, 0.05) is 0 Å². The molecule has 0 amide bonds. The number of carbonyl (C=O) groups is 2. The van der Waals surface area contributed by atoms with Crippen molar-refractivity contribution in [3.05, 3.63) is 13.3 Å². The van der Waals surface area contributed by atoms with Crippen molar-refractivity contribution in [3.8, 4) is 0 Å². The molecule has 0 N–H and O–H groups in total. The molecule has 0 saturated heterocycles. The highest BCUT2D eigenvalue weighted by atomic mass is 16.5. The molecule has 0 aliphatic carbocycles. The smallest absolute Gasteiger partial charge is 0.293 e. The first kappa shape index (κ1) is 10.0. The Morgan fingerprint density at radius 1 is 1.73 bits per heavy atom. The molecular formula is C8H12O3. The fourth-order valence-electron chi connectivity index (χ4n) is 0.664. The van der Waals surface area contributed by atoms with Crippen LogP contribution >= 0.6 is 0 Å². The number of rotatable bonds is 5. The van der Waals surface area contributed by atoms with Crippen LogP contribution in [0.1, 0.15) is 20.3 Å². The van der Waals surface area contributed by atoms with E-state index < -0.39 is 5.60 Å². The number of hydrogen-bond acceptors (Lipinski definition) is 3. The van der Waals surface area contributed by atoms with Crippen molar-refractivity contribution >= 4 is 12.3 Å². The van der Waals surface area contributed by atoms with Crippen molar-refractivity contribution in [2.75, 3.05) is 0 Å². The van der Waals surface area contributed by atoms with Gasteiger partial charge in [0.05, 0.1) is 6.42 Å². The Morgan fingerprint density at radius 2 is 2.27 bits per heavy atom. The second kappa shape index (κ2) is 4.01. The molecule has 0 atom stereocenters. The predicted molar refractivity (Wildman–Crippen MR) is 40.5 cm³/mol. The highest BCUT2D eigenvalue weighted by molar-refractivity contribution is 5.88. The fraction of sp³-hybridized carbons (Fsp3) is 0.500. The van der Waals surface area contributed by atoms with Crippen molar-refractivity contribution < 1.29 is 14.3 Å². The molecule has 0 aromatic carbocycles. The largest absolute Gasteiger partial charge is 0.461 e. The molecule has 0 unspecified atom stereocenters. The highest BCUT2D eigenvalue weighted by Crippen LogP contribution is 2.13. The van der Waals surface area contributed by atoms with Crippen LogP contribution in [0.3, 0.4) is 0 Å². The molecule has 0 radical (unpaired) electrons. The Bertz CT molecular complexity index is 149.